The fourth-order valence-corrected chi connectivity index (χ4v) is 2.44. The van der Waals surface area contributed by atoms with Crippen LogP contribution in [0.2, 0.25) is 0 Å². The maximum absolute atomic E-state index is 12.0. The minimum Gasteiger partial charge on any atom is -0.508 e. The number of hydrazone groups is 1. The number of phenols is 1. The molecule has 2 aromatic rings. The van der Waals surface area contributed by atoms with E-state index in [0.29, 0.717) is 24.4 Å². The van der Waals surface area contributed by atoms with Crippen LogP contribution < -0.4 is 15.5 Å². The Morgan fingerprint density at radius 2 is 1.61 bits per heavy atom. The number of aromatic hydroxyl groups is 1. The molecule has 0 heterocycles. The lowest BCUT2D eigenvalue weighted by Crippen LogP contribution is -2.22. The van der Waals surface area contributed by atoms with Gasteiger partial charge in [-0.2, -0.15) is 5.10 Å². The second-order valence-electron chi connectivity index (χ2n) is 6.00. The summed E-state index contributed by atoms with van der Waals surface area (Å²) in [5, 5.41) is 16.2. The molecule has 0 atom stereocenters. The highest BCUT2D eigenvalue weighted by molar-refractivity contribution is 6.01. The molecule has 0 aromatic heterocycles. The summed E-state index contributed by atoms with van der Waals surface area (Å²) in [5.74, 6) is 0.309. The van der Waals surface area contributed by atoms with Gasteiger partial charge in [0.1, 0.15) is 11.5 Å². The van der Waals surface area contributed by atoms with Gasteiger partial charge in [-0.25, -0.2) is 5.43 Å². The van der Waals surface area contributed by atoms with Crippen molar-refractivity contribution in [3.63, 3.8) is 0 Å². The van der Waals surface area contributed by atoms with Gasteiger partial charge in [0.25, 0.3) is 0 Å². The fraction of sp³-hybridized carbons (Fsp3) is 0.286. The molecule has 0 saturated heterocycles. The van der Waals surface area contributed by atoms with Gasteiger partial charge in [-0.05, 0) is 67.4 Å². The molecule has 7 heteroatoms. The molecule has 0 unspecified atom stereocenters. The van der Waals surface area contributed by atoms with Crippen molar-refractivity contribution in [1.82, 2.24) is 5.43 Å². The van der Waals surface area contributed by atoms with Crippen molar-refractivity contribution in [3.8, 4) is 11.5 Å². The standard InChI is InChI=1S/C21H25N3O4/c1-3-19(15-5-9-17(25)10-6-15)23-24-21(27)14-13-20(26)22-16-7-11-18(12-8-16)28-4-2/h5-12,25H,3-4,13-14H2,1-2H3,(H,22,26)(H,24,27). The lowest BCUT2D eigenvalue weighted by Gasteiger charge is -2.07. The third kappa shape index (κ3) is 6.75. The van der Waals surface area contributed by atoms with Crippen molar-refractivity contribution < 1.29 is 19.4 Å². The molecule has 7 nitrogen and oxygen atoms in total. The van der Waals surface area contributed by atoms with Gasteiger partial charge in [0.2, 0.25) is 11.8 Å². The summed E-state index contributed by atoms with van der Waals surface area (Å²) in [6.45, 7) is 4.40. The van der Waals surface area contributed by atoms with Gasteiger partial charge < -0.3 is 15.2 Å². The molecule has 2 rings (SSSR count). The molecule has 0 aliphatic rings. The summed E-state index contributed by atoms with van der Waals surface area (Å²) in [6.07, 6.45) is 0.692. The first kappa shape index (κ1) is 21.0. The van der Waals surface area contributed by atoms with Crippen molar-refractivity contribution in [2.24, 2.45) is 5.10 Å². The number of phenolic OH excluding ortho intramolecular Hbond substituents is 1. The minimum atomic E-state index is -0.341. The largest absolute Gasteiger partial charge is 0.508 e. The summed E-state index contributed by atoms with van der Waals surface area (Å²) in [5.41, 5.74) is 4.62. The van der Waals surface area contributed by atoms with Gasteiger partial charge in [0, 0.05) is 18.5 Å². The Balaban J connectivity index is 1.80. The van der Waals surface area contributed by atoms with E-state index in [1.807, 2.05) is 13.8 Å². The second-order valence-corrected chi connectivity index (χ2v) is 6.00. The quantitative estimate of drug-likeness (QED) is 0.456. The highest BCUT2D eigenvalue weighted by Crippen LogP contribution is 2.16. The number of benzene rings is 2. The molecule has 0 bridgehead atoms. The minimum absolute atomic E-state index is 0.0267. The van der Waals surface area contributed by atoms with Crippen LogP contribution in [0.3, 0.4) is 0 Å². The first-order valence-corrected chi connectivity index (χ1v) is 9.19. The number of carbonyl (C=O) groups is 2. The SMILES string of the molecule is CCOc1ccc(NC(=O)CCC(=O)NN=C(CC)c2ccc(O)cc2)cc1. The molecular formula is C21H25N3O4. The Bertz CT molecular complexity index is 815. The summed E-state index contributed by atoms with van der Waals surface area (Å²) < 4.78 is 5.35. The topological polar surface area (TPSA) is 100 Å². The highest BCUT2D eigenvalue weighted by atomic mass is 16.5. The Morgan fingerprint density at radius 1 is 0.964 bits per heavy atom. The van der Waals surface area contributed by atoms with E-state index in [0.717, 1.165) is 11.3 Å². The number of nitrogens with one attached hydrogen (secondary N) is 2. The van der Waals surface area contributed by atoms with Crippen LogP contribution in [0.1, 0.15) is 38.7 Å². The predicted molar refractivity (Wildman–Crippen MR) is 109 cm³/mol. The van der Waals surface area contributed by atoms with E-state index >= 15 is 0 Å². The van der Waals surface area contributed by atoms with Gasteiger partial charge in [0.15, 0.2) is 0 Å². The van der Waals surface area contributed by atoms with Crippen LogP contribution in [0, 0.1) is 0 Å². The number of hydrogen-bond donors (Lipinski definition) is 3. The number of amides is 2. The summed E-state index contributed by atoms with van der Waals surface area (Å²) in [4.78, 5) is 24.0. The average Bonchev–Trinajstić information content (AvgIpc) is 2.70. The molecule has 2 aromatic carbocycles. The number of rotatable bonds is 9. The van der Waals surface area contributed by atoms with Crippen LogP contribution in [0.15, 0.2) is 53.6 Å². The van der Waals surface area contributed by atoms with Gasteiger partial charge in [-0.15, -0.1) is 0 Å². The van der Waals surface area contributed by atoms with Crippen LogP contribution in [0.4, 0.5) is 5.69 Å². The molecule has 0 radical (unpaired) electrons. The van der Waals surface area contributed by atoms with Crippen molar-refractivity contribution in [1.29, 1.82) is 0 Å². The maximum atomic E-state index is 12.0. The number of ether oxygens (including phenoxy) is 1. The normalized spacial score (nSPS) is 11.0. The van der Waals surface area contributed by atoms with Crippen molar-refractivity contribution in [2.75, 3.05) is 11.9 Å². The maximum Gasteiger partial charge on any atom is 0.240 e. The zero-order chi connectivity index (χ0) is 20.4. The number of anilines is 1. The molecule has 0 spiro atoms. The third-order valence-electron chi connectivity index (χ3n) is 3.88. The van der Waals surface area contributed by atoms with Crippen molar-refractivity contribution in [3.05, 3.63) is 54.1 Å². The first-order chi connectivity index (χ1) is 13.5. The van der Waals surface area contributed by atoms with E-state index < -0.39 is 0 Å². The van der Waals surface area contributed by atoms with Gasteiger partial charge >= 0.3 is 0 Å². The van der Waals surface area contributed by atoms with Crippen LogP contribution in [-0.2, 0) is 9.59 Å². The van der Waals surface area contributed by atoms with Gasteiger partial charge in [-0.3, -0.25) is 9.59 Å². The Morgan fingerprint density at radius 3 is 2.21 bits per heavy atom. The highest BCUT2D eigenvalue weighted by Gasteiger charge is 2.08. The molecule has 0 fully saturated rings. The zero-order valence-corrected chi connectivity index (χ0v) is 16.1. The molecule has 0 aliphatic heterocycles. The molecular weight excluding hydrogens is 358 g/mol. The number of nitrogens with zero attached hydrogens (tertiary/aromatic N) is 1. The van der Waals surface area contributed by atoms with E-state index in [2.05, 4.69) is 15.8 Å². The molecule has 3 N–H and O–H groups in total. The number of hydrogen-bond acceptors (Lipinski definition) is 5. The predicted octanol–water partition coefficient (Wildman–Crippen LogP) is 3.44. The van der Waals surface area contributed by atoms with E-state index in [1.54, 1.807) is 48.5 Å². The van der Waals surface area contributed by atoms with Gasteiger partial charge in [0.05, 0.1) is 12.3 Å². The molecule has 148 valence electrons. The lowest BCUT2D eigenvalue weighted by atomic mass is 10.1. The number of carbonyl (C=O) groups excluding carboxylic acids is 2. The van der Waals surface area contributed by atoms with E-state index in [1.165, 1.54) is 0 Å². The Hall–Kier alpha value is -3.35. The summed E-state index contributed by atoms with van der Waals surface area (Å²) >= 11 is 0. The monoisotopic (exact) mass is 383 g/mol. The van der Waals surface area contributed by atoms with Crippen LogP contribution in [0.5, 0.6) is 11.5 Å². The fourth-order valence-electron chi connectivity index (χ4n) is 2.44. The molecule has 28 heavy (non-hydrogen) atoms. The average molecular weight is 383 g/mol. The molecule has 0 saturated carbocycles. The van der Waals surface area contributed by atoms with Crippen LogP contribution in [-0.4, -0.2) is 29.2 Å². The van der Waals surface area contributed by atoms with Crippen molar-refractivity contribution in [2.45, 2.75) is 33.1 Å². The van der Waals surface area contributed by atoms with Crippen LogP contribution in [0.25, 0.3) is 0 Å². The van der Waals surface area contributed by atoms with E-state index in [-0.39, 0.29) is 30.4 Å². The Kier molecular flexibility index (Phi) is 8.02. The molecule has 0 aliphatic carbocycles. The second kappa shape index (κ2) is 10.7. The summed E-state index contributed by atoms with van der Waals surface area (Å²) in [6, 6.07) is 13.6. The van der Waals surface area contributed by atoms with Crippen molar-refractivity contribution >= 4 is 23.2 Å². The summed E-state index contributed by atoms with van der Waals surface area (Å²) in [7, 11) is 0. The van der Waals surface area contributed by atoms with E-state index in [4.69, 9.17) is 4.74 Å². The van der Waals surface area contributed by atoms with Crippen LogP contribution >= 0.6 is 0 Å². The Labute approximate surface area is 164 Å². The lowest BCUT2D eigenvalue weighted by molar-refractivity contribution is -0.124. The molecule has 2 amide bonds. The van der Waals surface area contributed by atoms with E-state index in [9.17, 15) is 14.7 Å². The van der Waals surface area contributed by atoms with Gasteiger partial charge in [-0.1, -0.05) is 6.92 Å². The third-order valence-corrected chi connectivity index (χ3v) is 3.88. The smallest absolute Gasteiger partial charge is 0.240 e. The zero-order valence-electron chi connectivity index (χ0n) is 16.1. The first-order valence-electron chi connectivity index (χ1n) is 9.19.